The van der Waals surface area contributed by atoms with Gasteiger partial charge in [0.25, 0.3) is 0 Å². The van der Waals surface area contributed by atoms with Gasteiger partial charge in [0.2, 0.25) is 0 Å². The largest absolute Gasteiger partial charge is 0.466 e. The van der Waals surface area contributed by atoms with E-state index in [4.69, 9.17) is 4.74 Å². The second kappa shape index (κ2) is 6.73. The molecule has 0 aromatic carbocycles. The molecule has 0 aliphatic rings. The topological polar surface area (TPSA) is 38.3 Å². The van der Waals surface area contributed by atoms with E-state index in [1.165, 1.54) is 6.92 Å². The second-order valence-corrected chi connectivity index (χ2v) is 3.78. The molecule has 16 heavy (non-hydrogen) atoms. The monoisotopic (exact) mass is 241 g/mol. The van der Waals surface area contributed by atoms with Gasteiger partial charge < -0.3 is 10.1 Å². The molecular weight excluding hydrogens is 223 g/mol. The number of esters is 1. The van der Waals surface area contributed by atoms with Gasteiger partial charge in [-0.1, -0.05) is 6.92 Å². The molecule has 0 spiro atoms. The van der Waals surface area contributed by atoms with E-state index in [1.54, 1.807) is 13.8 Å². The third-order valence-corrected chi connectivity index (χ3v) is 2.00. The van der Waals surface area contributed by atoms with Crippen molar-refractivity contribution < 1.29 is 22.7 Å². The SMILES string of the molecule is CCOC(=O)C(C)CNC(C)CC(F)(F)F. The van der Waals surface area contributed by atoms with Gasteiger partial charge in [-0.15, -0.1) is 0 Å². The quantitative estimate of drug-likeness (QED) is 0.724. The number of nitrogens with one attached hydrogen (secondary N) is 1. The van der Waals surface area contributed by atoms with E-state index in [0.717, 1.165) is 0 Å². The molecule has 96 valence electrons. The minimum Gasteiger partial charge on any atom is -0.466 e. The van der Waals surface area contributed by atoms with Gasteiger partial charge in [0, 0.05) is 12.6 Å². The predicted molar refractivity (Wildman–Crippen MR) is 53.9 cm³/mol. The zero-order valence-corrected chi connectivity index (χ0v) is 9.73. The summed E-state index contributed by atoms with van der Waals surface area (Å²) < 4.78 is 40.7. The molecule has 2 unspecified atom stereocenters. The molecule has 0 saturated heterocycles. The number of alkyl halides is 3. The van der Waals surface area contributed by atoms with Crippen molar-refractivity contribution in [3.05, 3.63) is 0 Å². The molecule has 0 heterocycles. The van der Waals surface area contributed by atoms with Crippen molar-refractivity contribution in [1.29, 1.82) is 0 Å². The third-order valence-electron chi connectivity index (χ3n) is 2.00. The summed E-state index contributed by atoms with van der Waals surface area (Å²) in [6, 6.07) is -0.697. The van der Waals surface area contributed by atoms with Crippen LogP contribution in [-0.4, -0.2) is 31.3 Å². The Bertz CT molecular complexity index is 219. The van der Waals surface area contributed by atoms with E-state index in [9.17, 15) is 18.0 Å². The van der Waals surface area contributed by atoms with Crippen molar-refractivity contribution in [3.8, 4) is 0 Å². The molecule has 6 heteroatoms. The molecule has 2 atom stereocenters. The normalized spacial score (nSPS) is 15.6. The van der Waals surface area contributed by atoms with Crippen LogP contribution >= 0.6 is 0 Å². The highest BCUT2D eigenvalue weighted by Gasteiger charge is 2.30. The summed E-state index contributed by atoms with van der Waals surface area (Å²) in [6.45, 7) is 5.21. The van der Waals surface area contributed by atoms with Crippen LogP contribution in [0.2, 0.25) is 0 Å². The van der Waals surface area contributed by atoms with Crippen molar-refractivity contribution in [2.24, 2.45) is 5.92 Å². The Labute approximate surface area is 93.3 Å². The van der Waals surface area contributed by atoms with E-state index >= 15 is 0 Å². The van der Waals surface area contributed by atoms with Gasteiger partial charge in [-0.2, -0.15) is 13.2 Å². The highest BCUT2D eigenvalue weighted by molar-refractivity contribution is 5.72. The number of hydrogen-bond acceptors (Lipinski definition) is 3. The molecule has 0 amide bonds. The first-order valence-electron chi connectivity index (χ1n) is 5.23. The van der Waals surface area contributed by atoms with Gasteiger partial charge in [-0.3, -0.25) is 4.79 Å². The maximum atomic E-state index is 12.0. The van der Waals surface area contributed by atoms with Crippen molar-refractivity contribution in [1.82, 2.24) is 5.32 Å². The minimum atomic E-state index is -4.18. The highest BCUT2D eigenvalue weighted by Crippen LogP contribution is 2.21. The fourth-order valence-corrected chi connectivity index (χ4v) is 1.17. The Morgan fingerprint density at radius 1 is 1.38 bits per heavy atom. The lowest BCUT2D eigenvalue weighted by atomic mass is 10.1. The van der Waals surface area contributed by atoms with Crippen LogP contribution in [0.1, 0.15) is 27.2 Å². The van der Waals surface area contributed by atoms with Crippen molar-refractivity contribution in [2.75, 3.05) is 13.2 Å². The summed E-state index contributed by atoms with van der Waals surface area (Å²) in [7, 11) is 0. The number of hydrogen-bond donors (Lipinski definition) is 1. The maximum Gasteiger partial charge on any atom is 0.390 e. The highest BCUT2D eigenvalue weighted by atomic mass is 19.4. The lowest BCUT2D eigenvalue weighted by Crippen LogP contribution is -2.36. The zero-order valence-electron chi connectivity index (χ0n) is 9.73. The van der Waals surface area contributed by atoms with Crippen LogP contribution in [0.25, 0.3) is 0 Å². The van der Waals surface area contributed by atoms with E-state index < -0.39 is 30.5 Å². The predicted octanol–water partition coefficient (Wildman–Crippen LogP) is 2.12. The van der Waals surface area contributed by atoms with Crippen molar-refractivity contribution in [3.63, 3.8) is 0 Å². The molecule has 0 aliphatic carbocycles. The first-order valence-corrected chi connectivity index (χ1v) is 5.23. The fraction of sp³-hybridized carbons (Fsp3) is 0.900. The number of halogens is 3. The van der Waals surface area contributed by atoms with Crippen molar-refractivity contribution >= 4 is 5.97 Å². The average molecular weight is 241 g/mol. The molecule has 0 bridgehead atoms. The zero-order chi connectivity index (χ0) is 12.8. The minimum absolute atomic E-state index is 0.191. The van der Waals surface area contributed by atoms with E-state index in [-0.39, 0.29) is 13.2 Å². The van der Waals surface area contributed by atoms with Gasteiger partial charge in [-0.05, 0) is 13.8 Å². The van der Waals surface area contributed by atoms with Crippen LogP contribution in [0.15, 0.2) is 0 Å². The van der Waals surface area contributed by atoms with Crippen LogP contribution in [0.3, 0.4) is 0 Å². The summed E-state index contributed by atoms with van der Waals surface area (Å²) in [4.78, 5) is 11.2. The average Bonchev–Trinajstić information content (AvgIpc) is 2.11. The van der Waals surface area contributed by atoms with Gasteiger partial charge in [0.1, 0.15) is 0 Å². The molecule has 0 fully saturated rings. The van der Waals surface area contributed by atoms with Crippen LogP contribution < -0.4 is 5.32 Å². The van der Waals surface area contributed by atoms with E-state index in [2.05, 4.69) is 5.32 Å². The van der Waals surface area contributed by atoms with Gasteiger partial charge >= 0.3 is 12.1 Å². The molecule has 1 N–H and O–H groups in total. The number of rotatable bonds is 6. The summed E-state index contributed by atoms with van der Waals surface area (Å²) in [5, 5.41) is 2.66. The van der Waals surface area contributed by atoms with E-state index in [0.29, 0.717) is 0 Å². The Hall–Kier alpha value is -0.780. The molecular formula is C10H18F3NO2. The van der Waals surface area contributed by atoms with Crippen LogP contribution in [0, 0.1) is 5.92 Å². The number of carbonyl (C=O) groups excluding carboxylic acids is 1. The molecule has 0 aromatic rings. The second-order valence-electron chi connectivity index (χ2n) is 3.78. The van der Waals surface area contributed by atoms with Crippen molar-refractivity contribution in [2.45, 2.75) is 39.4 Å². The Kier molecular flexibility index (Phi) is 6.40. The van der Waals surface area contributed by atoms with Gasteiger partial charge in [-0.25, -0.2) is 0 Å². The summed E-state index contributed by atoms with van der Waals surface area (Å²) >= 11 is 0. The maximum absolute atomic E-state index is 12.0. The number of ether oxygens (including phenoxy) is 1. The van der Waals surface area contributed by atoms with E-state index in [1.807, 2.05) is 0 Å². The summed E-state index contributed by atoms with van der Waals surface area (Å²) in [6.07, 6.45) is -5.08. The molecule has 0 rings (SSSR count). The Morgan fingerprint density at radius 2 is 1.94 bits per heavy atom. The Balaban J connectivity index is 3.83. The molecule has 0 aliphatic heterocycles. The van der Waals surface area contributed by atoms with Crippen LogP contribution in [0.5, 0.6) is 0 Å². The van der Waals surface area contributed by atoms with Gasteiger partial charge in [0.05, 0.1) is 18.9 Å². The first-order chi connectivity index (χ1) is 7.26. The fourth-order valence-electron chi connectivity index (χ4n) is 1.17. The molecule has 0 aromatic heterocycles. The lowest BCUT2D eigenvalue weighted by molar-refractivity contribution is -0.147. The smallest absolute Gasteiger partial charge is 0.390 e. The third kappa shape index (κ3) is 7.50. The Morgan fingerprint density at radius 3 is 2.38 bits per heavy atom. The molecule has 0 radical (unpaired) electrons. The first kappa shape index (κ1) is 15.2. The number of carbonyl (C=O) groups is 1. The van der Waals surface area contributed by atoms with Crippen LogP contribution in [-0.2, 0) is 9.53 Å². The van der Waals surface area contributed by atoms with Crippen LogP contribution in [0.4, 0.5) is 13.2 Å². The standard InChI is InChI=1S/C10H18F3NO2/c1-4-16-9(15)7(2)6-14-8(3)5-10(11,12)13/h7-8,14H,4-6H2,1-3H3. The van der Waals surface area contributed by atoms with Gasteiger partial charge in [0.15, 0.2) is 0 Å². The molecule has 3 nitrogen and oxygen atoms in total. The molecule has 0 saturated carbocycles. The summed E-state index contributed by atoms with van der Waals surface area (Å²) in [5.74, 6) is -0.829. The lowest BCUT2D eigenvalue weighted by Gasteiger charge is -2.18. The summed E-state index contributed by atoms with van der Waals surface area (Å²) in [5.41, 5.74) is 0.